The lowest BCUT2D eigenvalue weighted by Crippen LogP contribution is -2.16. The van der Waals surface area contributed by atoms with Crippen molar-refractivity contribution in [1.82, 2.24) is 14.8 Å². The van der Waals surface area contributed by atoms with Crippen molar-refractivity contribution in [3.8, 4) is 5.75 Å². The fourth-order valence-corrected chi connectivity index (χ4v) is 3.16. The van der Waals surface area contributed by atoms with Gasteiger partial charge in [-0.2, -0.15) is 0 Å². The molecule has 0 bridgehead atoms. The Morgan fingerprint density at radius 1 is 1.19 bits per heavy atom. The molecule has 3 rings (SSSR count). The van der Waals surface area contributed by atoms with Crippen molar-refractivity contribution in [3.63, 3.8) is 0 Å². The van der Waals surface area contributed by atoms with E-state index in [0.717, 1.165) is 17.5 Å². The van der Waals surface area contributed by atoms with Crippen molar-refractivity contribution in [1.29, 1.82) is 0 Å². The van der Waals surface area contributed by atoms with Crippen molar-refractivity contribution >= 4 is 11.6 Å². The maximum atomic E-state index is 9.62. The minimum atomic E-state index is 0.258. The summed E-state index contributed by atoms with van der Waals surface area (Å²) in [5.74, 6) is 2.68. The molecule has 0 saturated heterocycles. The number of nitrogens with zero attached hydrogens (tertiary/aromatic N) is 4. The Morgan fingerprint density at radius 2 is 1.95 bits per heavy atom. The molecule has 1 N–H and O–H groups in total. The first-order chi connectivity index (χ1) is 10.2. The van der Waals surface area contributed by atoms with Crippen molar-refractivity contribution in [2.24, 2.45) is 7.05 Å². The molecule has 0 radical (unpaired) electrons. The van der Waals surface area contributed by atoms with E-state index in [1.165, 1.54) is 32.1 Å². The van der Waals surface area contributed by atoms with Crippen LogP contribution in [-0.4, -0.2) is 26.9 Å². The van der Waals surface area contributed by atoms with E-state index < -0.39 is 0 Å². The Balaban J connectivity index is 1.87. The minimum absolute atomic E-state index is 0.258. The van der Waals surface area contributed by atoms with E-state index in [4.69, 9.17) is 0 Å². The summed E-state index contributed by atoms with van der Waals surface area (Å²) in [6.45, 7) is 0. The maximum Gasteiger partial charge on any atom is 0.231 e. The lowest BCUT2D eigenvalue weighted by Gasteiger charge is -2.22. The van der Waals surface area contributed by atoms with Crippen LogP contribution in [-0.2, 0) is 7.05 Å². The number of aromatic nitrogens is 3. The van der Waals surface area contributed by atoms with Gasteiger partial charge in [-0.3, -0.25) is 4.57 Å². The van der Waals surface area contributed by atoms with Gasteiger partial charge in [0.05, 0.1) is 0 Å². The molecule has 0 aliphatic heterocycles. The van der Waals surface area contributed by atoms with Gasteiger partial charge in [-0.15, -0.1) is 10.2 Å². The highest BCUT2D eigenvalue weighted by molar-refractivity contribution is 5.58. The lowest BCUT2D eigenvalue weighted by molar-refractivity contribution is 0.420. The molecular weight excluding hydrogens is 264 g/mol. The molecule has 0 amide bonds. The first-order valence-corrected chi connectivity index (χ1v) is 7.59. The minimum Gasteiger partial charge on any atom is -0.508 e. The summed E-state index contributed by atoms with van der Waals surface area (Å²) in [7, 11) is 3.97. The summed E-state index contributed by atoms with van der Waals surface area (Å²) < 4.78 is 2.08. The largest absolute Gasteiger partial charge is 0.508 e. The number of benzene rings is 1. The fraction of sp³-hybridized carbons (Fsp3) is 0.500. The highest BCUT2D eigenvalue weighted by Gasteiger charge is 2.23. The van der Waals surface area contributed by atoms with Crippen LogP contribution in [0.3, 0.4) is 0 Å². The summed E-state index contributed by atoms with van der Waals surface area (Å²) in [6.07, 6.45) is 6.33. The smallest absolute Gasteiger partial charge is 0.231 e. The molecule has 1 aromatic carbocycles. The molecular formula is C16H22N4O. The predicted octanol–water partition coefficient (Wildman–Crippen LogP) is 3.34. The quantitative estimate of drug-likeness (QED) is 0.940. The maximum absolute atomic E-state index is 9.62. The van der Waals surface area contributed by atoms with Gasteiger partial charge in [0.1, 0.15) is 11.6 Å². The monoisotopic (exact) mass is 286 g/mol. The Kier molecular flexibility index (Phi) is 3.82. The van der Waals surface area contributed by atoms with Gasteiger partial charge in [0.15, 0.2) is 0 Å². The van der Waals surface area contributed by atoms with E-state index in [-0.39, 0.29) is 5.75 Å². The molecule has 0 unspecified atom stereocenters. The normalized spacial score (nSPS) is 16.1. The van der Waals surface area contributed by atoms with Crippen LogP contribution in [0.15, 0.2) is 24.3 Å². The Bertz CT molecular complexity index is 616. The van der Waals surface area contributed by atoms with Crippen molar-refractivity contribution in [2.75, 3.05) is 11.9 Å². The zero-order chi connectivity index (χ0) is 14.8. The van der Waals surface area contributed by atoms with Gasteiger partial charge < -0.3 is 10.0 Å². The van der Waals surface area contributed by atoms with E-state index in [9.17, 15) is 5.11 Å². The third kappa shape index (κ3) is 2.73. The molecule has 1 saturated carbocycles. The van der Waals surface area contributed by atoms with Crippen molar-refractivity contribution < 1.29 is 5.11 Å². The number of aromatic hydroxyl groups is 1. The van der Waals surface area contributed by atoms with E-state index in [1.54, 1.807) is 12.1 Å². The number of hydrogen-bond donors (Lipinski definition) is 1. The number of anilines is 2. The number of hydrogen-bond acceptors (Lipinski definition) is 4. The van der Waals surface area contributed by atoms with Crippen LogP contribution in [0, 0.1) is 0 Å². The standard InChI is InChI=1S/C16H22N4O/c1-19(13-9-6-10-14(21)11-13)16-18-17-15(20(16)2)12-7-4-3-5-8-12/h6,9-12,21H,3-5,7-8H2,1-2H3. The van der Waals surface area contributed by atoms with Crippen LogP contribution in [0.2, 0.25) is 0 Å². The molecule has 21 heavy (non-hydrogen) atoms. The van der Waals surface area contributed by atoms with E-state index in [1.807, 2.05) is 31.1 Å². The average Bonchev–Trinajstić information content (AvgIpc) is 2.89. The predicted molar refractivity (Wildman–Crippen MR) is 83.0 cm³/mol. The van der Waals surface area contributed by atoms with E-state index >= 15 is 0 Å². The second-order valence-corrected chi connectivity index (χ2v) is 5.83. The van der Waals surface area contributed by atoms with Gasteiger partial charge in [-0.25, -0.2) is 0 Å². The first kappa shape index (κ1) is 13.9. The van der Waals surface area contributed by atoms with Gasteiger partial charge >= 0.3 is 0 Å². The summed E-state index contributed by atoms with van der Waals surface area (Å²) in [4.78, 5) is 1.96. The summed E-state index contributed by atoms with van der Waals surface area (Å²) in [5.41, 5.74) is 0.903. The van der Waals surface area contributed by atoms with Gasteiger partial charge in [0.25, 0.3) is 0 Å². The Morgan fingerprint density at radius 3 is 2.67 bits per heavy atom. The van der Waals surface area contributed by atoms with Crippen LogP contribution in [0.25, 0.3) is 0 Å². The van der Waals surface area contributed by atoms with Gasteiger partial charge in [0.2, 0.25) is 5.95 Å². The topological polar surface area (TPSA) is 54.2 Å². The Labute approximate surface area is 125 Å². The SMILES string of the molecule is CN(c1cccc(O)c1)c1nnc(C2CCCCC2)n1C. The van der Waals surface area contributed by atoms with Gasteiger partial charge in [-0.05, 0) is 25.0 Å². The fourth-order valence-electron chi connectivity index (χ4n) is 3.16. The molecule has 5 nitrogen and oxygen atoms in total. The van der Waals surface area contributed by atoms with Gasteiger partial charge in [-0.1, -0.05) is 25.3 Å². The van der Waals surface area contributed by atoms with Crippen LogP contribution in [0.4, 0.5) is 11.6 Å². The molecule has 5 heteroatoms. The summed E-state index contributed by atoms with van der Waals surface area (Å²) in [5, 5.41) is 18.4. The van der Waals surface area contributed by atoms with E-state index in [2.05, 4.69) is 14.8 Å². The number of rotatable bonds is 3. The van der Waals surface area contributed by atoms with Crippen molar-refractivity contribution in [2.45, 2.75) is 38.0 Å². The highest BCUT2D eigenvalue weighted by atomic mass is 16.3. The van der Waals surface area contributed by atoms with E-state index in [0.29, 0.717) is 5.92 Å². The number of phenolic OH excluding ortho intramolecular Hbond substituents is 1. The average molecular weight is 286 g/mol. The highest BCUT2D eigenvalue weighted by Crippen LogP contribution is 2.33. The van der Waals surface area contributed by atoms with Crippen LogP contribution < -0.4 is 4.90 Å². The molecule has 112 valence electrons. The molecule has 0 spiro atoms. The lowest BCUT2D eigenvalue weighted by atomic mass is 9.89. The second-order valence-electron chi connectivity index (χ2n) is 5.83. The molecule has 1 fully saturated rings. The Hall–Kier alpha value is -2.04. The molecule has 1 aliphatic carbocycles. The third-order valence-electron chi connectivity index (χ3n) is 4.37. The zero-order valence-corrected chi connectivity index (χ0v) is 12.7. The van der Waals surface area contributed by atoms with Gasteiger partial charge in [0, 0.05) is 31.8 Å². The van der Waals surface area contributed by atoms with Crippen molar-refractivity contribution in [3.05, 3.63) is 30.1 Å². The summed E-state index contributed by atoms with van der Waals surface area (Å²) in [6, 6.07) is 7.19. The van der Waals surface area contributed by atoms with Crippen LogP contribution >= 0.6 is 0 Å². The molecule has 0 atom stereocenters. The first-order valence-electron chi connectivity index (χ1n) is 7.59. The van der Waals surface area contributed by atoms with Crippen LogP contribution in [0.1, 0.15) is 43.8 Å². The third-order valence-corrected chi connectivity index (χ3v) is 4.37. The zero-order valence-electron chi connectivity index (χ0n) is 12.7. The number of phenols is 1. The second kappa shape index (κ2) is 5.76. The molecule has 1 aliphatic rings. The van der Waals surface area contributed by atoms with Crippen LogP contribution in [0.5, 0.6) is 5.75 Å². The summed E-state index contributed by atoms with van der Waals surface area (Å²) >= 11 is 0. The molecule has 2 aromatic rings. The molecule has 1 heterocycles. The molecule has 1 aromatic heterocycles.